The van der Waals surface area contributed by atoms with Crippen molar-refractivity contribution in [2.75, 3.05) is 19.5 Å². The molecule has 2 unspecified atom stereocenters. The predicted molar refractivity (Wildman–Crippen MR) is 102 cm³/mol. The molecule has 0 saturated carbocycles. The van der Waals surface area contributed by atoms with Crippen LogP contribution in [-0.2, 0) is 6.42 Å². The van der Waals surface area contributed by atoms with E-state index in [2.05, 4.69) is 52.0 Å². The van der Waals surface area contributed by atoms with E-state index < -0.39 is 0 Å². The fourth-order valence-corrected chi connectivity index (χ4v) is 3.67. The van der Waals surface area contributed by atoms with E-state index >= 15 is 0 Å². The lowest BCUT2D eigenvalue weighted by atomic mass is 9.92. The second kappa shape index (κ2) is 7.26. The highest BCUT2D eigenvalue weighted by atomic mass is 16.5. The van der Waals surface area contributed by atoms with E-state index in [1.165, 1.54) is 11.1 Å². The normalized spacial score (nSPS) is 18.5. The average Bonchev–Trinajstić information content (AvgIpc) is 3.21. The molecule has 27 heavy (non-hydrogen) atoms. The fraction of sp³-hybridized carbons (Fsp3) is 0.350. The molecule has 0 saturated heterocycles. The van der Waals surface area contributed by atoms with Crippen molar-refractivity contribution >= 4 is 5.95 Å². The van der Waals surface area contributed by atoms with Crippen LogP contribution in [0.3, 0.4) is 0 Å². The molecule has 7 nitrogen and oxygen atoms in total. The highest BCUT2D eigenvalue weighted by Crippen LogP contribution is 2.43. The molecule has 0 radical (unpaired) electrons. The summed E-state index contributed by atoms with van der Waals surface area (Å²) < 4.78 is 12.9. The maximum absolute atomic E-state index is 5.66. The van der Waals surface area contributed by atoms with Crippen LogP contribution >= 0.6 is 0 Å². The number of nitrogens with zero attached hydrogens (tertiary/aromatic N) is 4. The van der Waals surface area contributed by atoms with Gasteiger partial charge in [-0.1, -0.05) is 48.4 Å². The number of aromatic nitrogens is 4. The number of anilines is 1. The Labute approximate surface area is 158 Å². The number of aryl methyl sites for hydroxylation is 1. The van der Waals surface area contributed by atoms with Gasteiger partial charge >= 0.3 is 0 Å². The Morgan fingerprint density at radius 3 is 2.63 bits per heavy atom. The van der Waals surface area contributed by atoms with E-state index in [9.17, 15) is 0 Å². The van der Waals surface area contributed by atoms with Crippen molar-refractivity contribution in [2.24, 2.45) is 0 Å². The molecule has 7 heteroatoms. The van der Waals surface area contributed by atoms with Gasteiger partial charge in [0.05, 0.1) is 26.3 Å². The quantitative estimate of drug-likeness (QED) is 0.747. The second-order valence-corrected chi connectivity index (χ2v) is 6.57. The Kier molecular flexibility index (Phi) is 4.66. The van der Waals surface area contributed by atoms with Crippen molar-refractivity contribution in [1.29, 1.82) is 0 Å². The smallest absolute Gasteiger partial charge is 0.243 e. The Hall–Kier alpha value is -3.09. The molecule has 1 aromatic heterocycles. The molecule has 3 aromatic rings. The van der Waals surface area contributed by atoms with Crippen molar-refractivity contribution < 1.29 is 9.47 Å². The highest BCUT2D eigenvalue weighted by molar-refractivity contribution is 5.50. The first kappa shape index (κ1) is 17.3. The van der Waals surface area contributed by atoms with Crippen molar-refractivity contribution in [2.45, 2.75) is 31.8 Å². The number of para-hydroxylation sites is 1. The summed E-state index contributed by atoms with van der Waals surface area (Å²) in [6.07, 6.45) is 1.83. The van der Waals surface area contributed by atoms with Crippen molar-refractivity contribution in [3.8, 4) is 11.5 Å². The Morgan fingerprint density at radius 1 is 1.11 bits per heavy atom. The van der Waals surface area contributed by atoms with E-state index in [1.54, 1.807) is 14.2 Å². The Bertz CT molecular complexity index is 922. The monoisotopic (exact) mass is 365 g/mol. The first-order valence-corrected chi connectivity index (χ1v) is 9.09. The SMILES string of the molecule is CCc1ccc(C2CC(c3cccc(OC)c3OC)n3nnnc3N2)cc1. The van der Waals surface area contributed by atoms with Gasteiger partial charge in [-0.05, 0) is 40.5 Å². The zero-order valence-corrected chi connectivity index (χ0v) is 15.7. The van der Waals surface area contributed by atoms with Gasteiger partial charge in [0.2, 0.25) is 5.95 Å². The van der Waals surface area contributed by atoms with Gasteiger partial charge in [-0.25, -0.2) is 4.68 Å². The van der Waals surface area contributed by atoms with Crippen molar-refractivity contribution in [3.05, 3.63) is 59.2 Å². The van der Waals surface area contributed by atoms with Gasteiger partial charge in [-0.3, -0.25) is 0 Å². The zero-order valence-electron chi connectivity index (χ0n) is 15.7. The van der Waals surface area contributed by atoms with Crippen LogP contribution in [0.5, 0.6) is 11.5 Å². The predicted octanol–water partition coefficient (Wildman–Crippen LogP) is 3.40. The molecule has 4 rings (SSSR count). The maximum atomic E-state index is 5.66. The van der Waals surface area contributed by atoms with Crippen LogP contribution in [0.15, 0.2) is 42.5 Å². The molecule has 2 atom stereocenters. The summed E-state index contributed by atoms with van der Waals surface area (Å²) >= 11 is 0. The van der Waals surface area contributed by atoms with Gasteiger partial charge in [0.25, 0.3) is 0 Å². The summed E-state index contributed by atoms with van der Waals surface area (Å²) in [5, 5.41) is 15.7. The van der Waals surface area contributed by atoms with Crippen LogP contribution in [-0.4, -0.2) is 34.4 Å². The van der Waals surface area contributed by atoms with Gasteiger partial charge in [-0.2, -0.15) is 0 Å². The summed E-state index contributed by atoms with van der Waals surface area (Å²) in [6, 6.07) is 14.7. The molecule has 0 amide bonds. The fourth-order valence-electron chi connectivity index (χ4n) is 3.67. The van der Waals surface area contributed by atoms with Gasteiger partial charge in [0, 0.05) is 5.56 Å². The van der Waals surface area contributed by atoms with E-state index in [4.69, 9.17) is 9.47 Å². The molecule has 0 aliphatic carbocycles. The van der Waals surface area contributed by atoms with Gasteiger partial charge < -0.3 is 14.8 Å². The van der Waals surface area contributed by atoms with E-state index in [0.29, 0.717) is 17.4 Å². The van der Waals surface area contributed by atoms with Crippen molar-refractivity contribution in [1.82, 2.24) is 20.2 Å². The molecule has 2 heterocycles. The molecule has 0 fully saturated rings. The first-order valence-electron chi connectivity index (χ1n) is 9.09. The summed E-state index contributed by atoms with van der Waals surface area (Å²) in [5.41, 5.74) is 3.54. The Balaban J connectivity index is 1.75. The number of ether oxygens (including phenoxy) is 2. The Morgan fingerprint density at radius 2 is 1.93 bits per heavy atom. The van der Waals surface area contributed by atoms with Crippen LogP contribution in [0, 0.1) is 0 Å². The highest BCUT2D eigenvalue weighted by Gasteiger charge is 2.33. The van der Waals surface area contributed by atoms with E-state index in [0.717, 1.165) is 18.4 Å². The number of rotatable bonds is 5. The number of fused-ring (bicyclic) bond motifs is 1. The van der Waals surface area contributed by atoms with Gasteiger partial charge in [-0.15, -0.1) is 0 Å². The average molecular weight is 365 g/mol. The van der Waals surface area contributed by atoms with Crippen molar-refractivity contribution in [3.63, 3.8) is 0 Å². The van der Waals surface area contributed by atoms with Crippen LogP contribution < -0.4 is 14.8 Å². The number of hydrogen-bond donors (Lipinski definition) is 1. The summed E-state index contributed by atoms with van der Waals surface area (Å²) in [5.74, 6) is 2.07. The molecule has 0 spiro atoms. The second-order valence-electron chi connectivity index (χ2n) is 6.57. The molecular weight excluding hydrogens is 342 g/mol. The number of methoxy groups -OCH3 is 2. The summed E-state index contributed by atoms with van der Waals surface area (Å²) in [6.45, 7) is 2.16. The number of tetrazole rings is 1. The lowest BCUT2D eigenvalue weighted by Crippen LogP contribution is -2.28. The molecule has 1 N–H and O–H groups in total. The molecule has 140 valence electrons. The minimum absolute atomic E-state index is 0.0582. The van der Waals surface area contributed by atoms with Crippen LogP contribution in [0.25, 0.3) is 0 Å². The molecule has 2 aromatic carbocycles. The van der Waals surface area contributed by atoms with Crippen LogP contribution in [0.1, 0.15) is 42.1 Å². The topological polar surface area (TPSA) is 74.1 Å². The van der Waals surface area contributed by atoms with E-state index in [1.807, 2.05) is 22.9 Å². The minimum atomic E-state index is -0.0582. The summed E-state index contributed by atoms with van der Waals surface area (Å²) in [7, 11) is 3.30. The van der Waals surface area contributed by atoms with Crippen LogP contribution in [0.2, 0.25) is 0 Å². The standard InChI is InChI=1S/C20H23N5O2/c1-4-13-8-10-14(11-9-13)16-12-17(25-20(21-16)22-23-24-25)15-6-5-7-18(26-2)19(15)27-3/h5-11,16-17H,4,12H2,1-3H3,(H,21,22,24). The number of nitrogens with one attached hydrogen (secondary N) is 1. The number of benzene rings is 2. The van der Waals surface area contributed by atoms with Crippen LogP contribution in [0.4, 0.5) is 5.95 Å². The van der Waals surface area contributed by atoms with E-state index in [-0.39, 0.29) is 12.1 Å². The summed E-state index contributed by atoms with van der Waals surface area (Å²) in [4.78, 5) is 0. The molecule has 1 aliphatic heterocycles. The molecular formula is C20H23N5O2. The molecule has 1 aliphatic rings. The maximum Gasteiger partial charge on any atom is 0.243 e. The third-order valence-electron chi connectivity index (χ3n) is 5.13. The largest absolute Gasteiger partial charge is 0.493 e. The third-order valence-corrected chi connectivity index (χ3v) is 5.13. The zero-order chi connectivity index (χ0) is 18.8. The number of hydrogen-bond acceptors (Lipinski definition) is 6. The third kappa shape index (κ3) is 3.09. The first-order chi connectivity index (χ1) is 13.2. The molecule has 0 bridgehead atoms. The lowest BCUT2D eigenvalue weighted by molar-refractivity contribution is 0.339. The lowest BCUT2D eigenvalue weighted by Gasteiger charge is -2.32. The van der Waals surface area contributed by atoms with Gasteiger partial charge in [0.1, 0.15) is 0 Å². The minimum Gasteiger partial charge on any atom is -0.493 e. The van der Waals surface area contributed by atoms with Gasteiger partial charge in [0.15, 0.2) is 11.5 Å².